The Morgan fingerprint density at radius 1 is 0.967 bits per heavy atom. The fraction of sp³-hybridized carbons (Fsp3) is 0.304. The number of nitrogens with zero attached hydrogens (tertiary/aromatic N) is 1. The minimum atomic E-state index is -1.14. The number of imide groups is 1. The van der Waals surface area contributed by atoms with Gasteiger partial charge in [0.05, 0.1) is 11.1 Å². The van der Waals surface area contributed by atoms with Gasteiger partial charge in [-0.25, -0.2) is 4.79 Å². The van der Waals surface area contributed by atoms with Crippen molar-refractivity contribution in [3.63, 3.8) is 0 Å². The molecule has 1 N–H and O–H groups in total. The molecule has 0 unspecified atom stereocenters. The quantitative estimate of drug-likeness (QED) is 0.560. The maximum atomic E-state index is 12.5. The number of hydrogen-bond acceptors (Lipinski definition) is 5. The van der Waals surface area contributed by atoms with Crippen LogP contribution in [-0.2, 0) is 14.3 Å². The molecular formula is C23H24N2O5. The van der Waals surface area contributed by atoms with Crippen LogP contribution in [-0.4, -0.2) is 41.2 Å². The van der Waals surface area contributed by atoms with Crippen LogP contribution < -0.4 is 5.32 Å². The number of benzene rings is 2. The molecule has 156 valence electrons. The van der Waals surface area contributed by atoms with Crippen molar-refractivity contribution >= 4 is 29.4 Å². The van der Waals surface area contributed by atoms with Gasteiger partial charge in [0.25, 0.3) is 17.7 Å². The molecule has 0 saturated carbocycles. The van der Waals surface area contributed by atoms with Crippen LogP contribution >= 0.6 is 0 Å². The summed E-state index contributed by atoms with van der Waals surface area (Å²) >= 11 is 0. The summed E-state index contributed by atoms with van der Waals surface area (Å²) < 4.78 is 5.08. The van der Waals surface area contributed by atoms with Gasteiger partial charge in [-0.2, -0.15) is 0 Å². The molecule has 30 heavy (non-hydrogen) atoms. The van der Waals surface area contributed by atoms with Gasteiger partial charge in [0.2, 0.25) is 0 Å². The number of para-hydroxylation sites is 1. The van der Waals surface area contributed by atoms with Crippen molar-refractivity contribution < 1.29 is 23.9 Å². The molecule has 1 heterocycles. The monoisotopic (exact) mass is 408 g/mol. The highest BCUT2D eigenvalue weighted by Crippen LogP contribution is 2.27. The maximum absolute atomic E-state index is 12.5. The van der Waals surface area contributed by atoms with E-state index in [2.05, 4.69) is 19.2 Å². The molecule has 2 aromatic rings. The third-order valence-corrected chi connectivity index (χ3v) is 5.28. The van der Waals surface area contributed by atoms with E-state index in [-0.39, 0.29) is 17.0 Å². The molecular weight excluding hydrogens is 384 g/mol. The summed E-state index contributed by atoms with van der Waals surface area (Å²) in [5.41, 5.74) is 2.17. The summed E-state index contributed by atoms with van der Waals surface area (Å²) in [5.74, 6) is -2.15. The van der Waals surface area contributed by atoms with E-state index in [0.717, 1.165) is 16.9 Å². The summed E-state index contributed by atoms with van der Waals surface area (Å²) in [6.45, 7) is 5.02. The van der Waals surface area contributed by atoms with E-state index in [9.17, 15) is 19.2 Å². The van der Waals surface area contributed by atoms with E-state index in [1.54, 1.807) is 18.2 Å². The third kappa shape index (κ3) is 4.10. The first kappa shape index (κ1) is 21.2. The second kappa shape index (κ2) is 8.90. The van der Waals surface area contributed by atoms with E-state index < -0.39 is 36.3 Å². The highest BCUT2D eigenvalue weighted by molar-refractivity contribution is 6.22. The maximum Gasteiger partial charge on any atom is 0.329 e. The molecule has 0 aromatic heterocycles. The Hall–Kier alpha value is -3.48. The minimum absolute atomic E-state index is 0.251. The molecule has 0 aliphatic carbocycles. The first-order valence-electron chi connectivity index (χ1n) is 9.87. The van der Waals surface area contributed by atoms with Gasteiger partial charge in [-0.3, -0.25) is 19.3 Å². The zero-order valence-electron chi connectivity index (χ0n) is 17.2. The van der Waals surface area contributed by atoms with Crippen LogP contribution in [0.15, 0.2) is 48.5 Å². The van der Waals surface area contributed by atoms with Gasteiger partial charge in [-0.05, 0) is 43.0 Å². The first-order chi connectivity index (χ1) is 14.3. The number of ether oxygens (including phenoxy) is 1. The Kier molecular flexibility index (Phi) is 6.30. The molecule has 0 spiro atoms. The Morgan fingerprint density at radius 2 is 1.53 bits per heavy atom. The van der Waals surface area contributed by atoms with Crippen molar-refractivity contribution in [2.45, 2.75) is 39.2 Å². The van der Waals surface area contributed by atoms with E-state index in [1.165, 1.54) is 19.1 Å². The predicted molar refractivity (Wildman–Crippen MR) is 111 cm³/mol. The van der Waals surface area contributed by atoms with Crippen LogP contribution in [0.3, 0.4) is 0 Å². The lowest BCUT2D eigenvalue weighted by Gasteiger charge is -2.21. The largest absolute Gasteiger partial charge is 0.454 e. The minimum Gasteiger partial charge on any atom is -0.454 e. The van der Waals surface area contributed by atoms with Crippen LogP contribution in [0.1, 0.15) is 59.4 Å². The average Bonchev–Trinajstić information content (AvgIpc) is 3.01. The van der Waals surface area contributed by atoms with Gasteiger partial charge in [-0.15, -0.1) is 0 Å². The van der Waals surface area contributed by atoms with Crippen molar-refractivity contribution in [3.05, 3.63) is 65.2 Å². The normalized spacial score (nSPS) is 14.8. The SMILES string of the molecule is CC[C@H](C)c1ccccc1NC(=O)COC(=O)[C@@H](C)N1C(=O)c2ccccc2C1=O. The lowest BCUT2D eigenvalue weighted by Crippen LogP contribution is -2.44. The number of amides is 3. The fourth-order valence-electron chi connectivity index (χ4n) is 3.37. The van der Waals surface area contributed by atoms with Gasteiger partial charge in [0.1, 0.15) is 6.04 Å². The van der Waals surface area contributed by atoms with Crippen LogP contribution in [0.4, 0.5) is 5.69 Å². The number of rotatable bonds is 7. The average molecular weight is 408 g/mol. The Labute approximate surface area is 175 Å². The summed E-state index contributed by atoms with van der Waals surface area (Å²) in [6, 6.07) is 12.7. The number of hydrogen-bond donors (Lipinski definition) is 1. The lowest BCUT2D eigenvalue weighted by atomic mass is 9.97. The molecule has 1 aliphatic heterocycles. The van der Waals surface area contributed by atoms with Crippen LogP contribution in [0.2, 0.25) is 0 Å². The standard InChI is InChI=1S/C23H24N2O5/c1-4-14(2)16-9-7-8-12-19(16)24-20(26)13-30-23(29)15(3)25-21(27)17-10-5-6-11-18(17)22(25)28/h5-12,14-15H,4,13H2,1-3H3,(H,24,26)/t14-,15+/m0/s1. The molecule has 0 saturated heterocycles. The van der Waals surface area contributed by atoms with E-state index >= 15 is 0 Å². The van der Waals surface area contributed by atoms with Crippen LogP contribution in [0.25, 0.3) is 0 Å². The molecule has 1 aliphatic rings. The highest BCUT2D eigenvalue weighted by atomic mass is 16.5. The second-order valence-electron chi connectivity index (χ2n) is 7.25. The third-order valence-electron chi connectivity index (χ3n) is 5.28. The second-order valence-corrected chi connectivity index (χ2v) is 7.25. The van der Waals surface area contributed by atoms with Crippen molar-refractivity contribution in [1.29, 1.82) is 0 Å². The van der Waals surface area contributed by atoms with E-state index in [0.29, 0.717) is 5.69 Å². The van der Waals surface area contributed by atoms with E-state index in [4.69, 9.17) is 4.74 Å². The molecule has 7 nitrogen and oxygen atoms in total. The molecule has 0 fully saturated rings. The van der Waals surface area contributed by atoms with E-state index in [1.807, 2.05) is 18.2 Å². The number of nitrogens with one attached hydrogen (secondary N) is 1. The van der Waals surface area contributed by atoms with Gasteiger partial charge >= 0.3 is 5.97 Å². The number of esters is 1. The van der Waals surface area contributed by atoms with Crippen molar-refractivity contribution in [1.82, 2.24) is 4.90 Å². The summed E-state index contributed by atoms with van der Waals surface area (Å²) in [4.78, 5) is 50.5. The Bertz CT molecular complexity index is 966. The lowest BCUT2D eigenvalue weighted by molar-refractivity contribution is -0.150. The predicted octanol–water partition coefficient (Wildman–Crippen LogP) is 3.37. The molecule has 2 aromatic carbocycles. The van der Waals surface area contributed by atoms with Crippen LogP contribution in [0.5, 0.6) is 0 Å². The van der Waals surface area contributed by atoms with Gasteiger partial charge in [-0.1, -0.05) is 44.2 Å². The van der Waals surface area contributed by atoms with Crippen LogP contribution in [0, 0.1) is 0 Å². The van der Waals surface area contributed by atoms with Gasteiger partial charge in [0, 0.05) is 5.69 Å². The molecule has 0 bridgehead atoms. The zero-order chi connectivity index (χ0) is 21.8. The van der Waals surface area contributed by atoms with Crippen molar-refractivity contribution in [2.75, 3.05) is 11.9 Å². The first-order valence-corrected chi connectivity index (χ1v) is 9.87. The van der Waals surface area contributed by atoms with Gasteiger partial charge in [0.15, 0.2) is 6.61 Å². The highest BCUT2D eigenvalue weighted by Gasteiger charge is 2.41. The van der Waals surface area contributed by atoms with Crippen molar-refractivity contribution in [3.8, 4) is 0 Å². The number of fused-ring (bicyclic) bond motifs is 1. The molecule has 3 rings (SSSR count). The molecule has 2 atom stereocenters. The smallest absolute Gasteiger partial charge is 0.329 e. The zero-order valence-corrected chi connectivity index (χ0v) is 17.2. The summed E-state index contributed by atoms with van der Waals surface area (Å²) in [6.07, 6.45) is 0.916. The van der Waals surface area contributed by atoms with Gasteiger partial charge < -0.3 is 10.1 Å². The Morgan fingerprint density at radius 3 is 2.13 bits per heavy atom. The number of anilines is 1. The summed E-state index contributed by atoms with van der Waals surface area (Å²) in [5, 5.41) is 2.76. The van der Waals surface area contributed by atoms with Crippen molar-refractivity contribution in [2.24, 2.45) is 0 Å². The molecule has 3 amide bonds. The number of carbonyl (C=O) groups excluding carboxylic acids is 4. The molecule has 7 heteroatoms. The summed E-state index contributed by atoms with van der Waals surface area (Å²) in [7, 11) is 0. The molecule has 0 radical (unpaired) electrons. The Balaban J connectivity index is 1.61. The fourth-order valence-corrected chi connectivity index (χ4v) is 3.37. The number of carbonyl (C=O) groups is 4. The topological polar surface area (TPSA) is 92.8 Å².